The molecule has 2 aromatic rings. The zero-order chi connectivity index (χ0) is 15.5. The van der Waals surface area contributed by atoms with Crippen LogP contribution in [0.2, 0.25) is 0 Å². The summed E-state index contributed by atoms with van der Waals surface area (Å²) in [5.74, 6) is 0. The number of aryl methyl sites for hydroxylation is 1. The first-order valence-corrected chi connectivity index (χ1v) is 10.0. The lowest BCUT2D eigenvalue weighted by Crippen LogP contribution is -2.18. The Morgan fingerprint density at radius 2 is 2.17 bits per heavy atom. The van der Waals surface area contributed by atoms with Crippen molar-refractivity contribution < 1.29 is 4.74 Å². The van der Waals surface area contributed by atoms with Gasteiger partial charge in [0.05, 0.1) is 6.10 Å². The van der Waals surface area contributed by atoms with E-state index < -0.39 is 0 Å². The lowest BCUT2D eigenvalue weighted by atomic mass is 9.91. The number of aromatic nitrogens is 2. The van der Waals surface area contributed by atoms with Crippen molar-refractivity contribution in [1.82, 2.24) is 10.2 Å². The number of rotatable bonds is 5. The molecule has 6 heteroatoms. The van der Waals surface area contributed by atoms with E-state index in [1.165, 1.54) is 36.8 Å². The summed E-state index contributed by atoms with van der Waals surface area (Å²) in [6.07, 6.45) is 6.34. The van der Waals surface area contributed by atoms with Gasteiger partial charge in [0.2, 0.25) is 5.13 Å². The molecule has 1 saturated heterocycles. The van der Waals surface area contributed by atoms with Gasteiger partial charge in [-0.25, -0.2) is 0 Å². The molecule has 0 bridgehead atoms. The monoisotopic (exact) mass is 347 g/mol. The van der Waals surface area contributed by atoms with Crippen LogP contribution in [-0.4, -0.2) is 29.5 Å². The molecule has 0 radical (unpaired) electrons. The average Bonchev–Trinajstić information content (AvgIpc) is 3.25. The molecule has 1 aliphatic heterocycles. The minimum absolute atomic E-state index is 0.334. The average molecular weight is 348 g/mol. The number of ether oxygens (including phenoxy) is 1. The van der Waals surface area contributed by atoms with Crippen LogP contribution in [0.5, 0.6) is 0 Å². The Kier molecular flexibility index (Phi) is 4.82. The Morgan fingerprint density at radius 1 is 1.22 bits per heavy atom. The van der Waals surface area contributed by atoms with Gasteiger partial charge in [0.1, 0.15) is 0 Å². The van der Waals surface area contributed by atoms with Gasteiger partial charge in [-0.1, -0.05) is 47.4 Å². The third kappa shape index (κ3) is 3.70. The molecule has 2 atom stereocenters. The Balaban J connectivity index is 1.38. The third-order valence-electron chi connectivity index (χ3n) is 4.47. The Labute approximate surface area is 145 Å². The Morgan fingerprint density at radius 3 is 3.09 bits per heavy atom. The summed E-state index contributed by atoms with van der Waals surface area (Å²) in [6.45, 7) is 1.73. The quantitative estimate of drug-likeness (QED) is 0.874. The molecule has 1 aromatic carbocycles. The molecular weight excluding hydrogens is 326 g/mol. The van der Waals surface area contributed by atoms with Crippen molar-refractivity contribution in [3.05, 3.63) is 35.4 Å². The van der Waals surface area contributed by atoms with Crippen LogP contribution in [0.1, 0.15) is 42.1 Å². The van der Waals surface area contributed by atoms with Crippen LogP contribution in [0.15, 0.2) is 28.6 Å². The first-order valence-electron chi connectivity index (χ1n) is 8.32. The molecule has 1 aliphatic carbocycles. The molecule has 1 aromatic heterocycles. The van der Waals surface area contributed by atoms with Crippen molar-refractivity contribution in [2.45, 2.75) is 47.8 Å². The van der Waals surface area contributed by atoms with Crippen molar-refractivity contribution in [2.24, 2.45) is 0 Å². The summed E-state index contributed by atoms with van der Waals surface area (Å²) in [6, 6.07) is 8.82. The van der Waals surface area contributed by atoms with Crippen LogP contribution < -0.4 is 5.32 Å². The molecular formula is C17H21N3OS2. The van der Waals surface area contributed by atoms with Gasteiger partial charge in [0, 0.05) is 18.4 Å². The predicted molar refractivity (Wildman–Crippen MR) is 95.4 cm³/mol. The molecule has 2 unspecified atom stereocenters. The molecule has 23 heavy (non-hydrogen) atoms. The molecule has 1 N–H and O–H groups in total. The highest BCUT2D eigenvalue weighted by molar-refractivity contribution is 8.01. The molecule has 4 nitrogen and oxygen atoms in total. The maximum absolute atomic E-state index is 5.63. The summed E-state index contributed by atoms with van der Waals surface area (Å²) < 4.78 is 6.69. The SMILES string of the molecule is c1ccc2c(c1)CCCC2Sc1nnc(NCC2CCCO2)s1. The van der Waals surface area contributed by atoms with E-state index in [-0.39, 0.29) is 0 Å². The Bertz CT molecular complexity index is 655. The topological polar surface area (TPSA) is 47.0 Å². The third-order valence-corrected chi connectivity index (χ3v) is 6.74. The van der Waals surface area contributed by atoms with Crippen molar-refractivity contribution in [1.29, 1.82) is 0 Å². The van der Waals surface area contributed by atoms with Crippen LogP contribution in [0.3, 0.4) is 0 Å². The predicted octanol–water partition coefficient (Wildman–Crippen LogP) is 4.30. The number of hydrogen-bond acceptors (Lipinski definition) is 6. The highest BCUT2D eigenvalue weighted by atomic mass is 32.2. The number of benzene rings is 1. The van der Waals surface area contributed by atoms with Crippen LogP contribution in [0, 0.1) is 0 Å². The summed E-state index contributed by atoms with van der Waals surface area (Å²) in [5.41, 5.74) is 2.98. The second kappa shape index (κ2) is 7.20. The fraction of sp³-hybridized carbons (Fsp3) is 0.529. The van der Waals surface area contributed by atoms with E-state index in [0.29, 0.717) is 11.4 Å². The number of hydrogen-bond donors (Lipinski definition) is 1. The fourth-order valence-corrected chi connectivity index (χ4v) is 5.52. The van der Waals surface area contributed by atoms with Crippen LogP contribution in [0.4, 0.5) is 5.13 Å². The maximum atomic E-state index is 5.63. The van der Waals surface area contributed by atoms with Crippen molar-refractivity contribution in [2.75, 3.05) is 18.5 Å². The standard InChI is InChI=1S/C17H21N3OS2/c1-2-8-14-12(5-1)6-3-9-15(14)22-17-20-19-16(23-17)18-11-13-7-4-10-21-13/h1-2,5,8,13,15H,3-4,6-7,9-11H2,(H,18,19). The summed E-state index contributed by atoms with van der Waals surface area (Å²) in [5, 5.41) is 13.4. The van der Waals surface area contributed by atoms with E-state index in [1.54, 1.807) is 11.3 Å². The normalized spacial score (nSPS) is 23.7. The molecule has 0 saturated carbocycles. The zero-order valence-electron chi connectivity index (χ0n) is 13.0. The van der Waals surface area contributed by atoms with Crippen molar-refractivity contribution in [3.63, 3.8) is 0 Å². The van der Waals surface area contributed by atoms with Crippen molar-refractivity contribution >= 4 is 28.2 Å². The lowest BCUT2D eigenvalue weighted by Gasteiger charge is -2.23. The van der Waals surface area contributed by atoms with Gasteiger partial charge in [-0.15, -0.1) is 10.2 Å². The number of nitrogens with zero attached hydrogens (tertiary/aromatic N) is 2. The summed E-state index contributed by atoms with van der Waals surface area (Å²) >= 11 is 3.52. The second-order valence-corrected chi connectivity index (χ2v) is 8.51. The fourth-order valence-electron chi connectivity index (χ4n) is 3.29. The van der Waals surface area contributed by atoms with Crippen LogP contribution in [0.25, 0.3) is 0 Å². The van der Waals surface area contributed by atoms with Gasteiger partial charge in [-0.2, -0.15) is 0 Å². The number of anilines is 1. The highest BCUT2D eigenvalue weighted by Gasteiger charge is 2.22. The smallest absolute Gasteiger partial charge is 0.206 e. The van der Waals surface area contributed by atoms with Gasteiger partial charge in [-0.3, -0.25) is 0 Å². The van der Waals surface area contributed by atoms with Gasteiger partial charge < -0.3 is 10.1 Å². The van der Waals surface area contributed by atoms with E-state index >= 15 is 0 Å². The maximum Gasteiger partial charge on any atom is 0.206 e. The van der Waals surface area contributed by atoms with E-state index in [2.05, 4.69) is 39.8 Å². The largest absolute Gasteiger partial charge is 0.376 e. The van der Waals surface area contributed by atoms with Crippen LogP contribution >= 0.6 is 23.1 Å². The molecule has 4 rings (SSSR count). The number of nitrogens with one attached hydrogen (secondary N) is 1. The molecule has 122 valence electrons. The van der Waals surface area contributed by atoms with Gasteiger partial charge in [0.25, 0.3) is 0 Å². The van der Waals surface area contributed by atoms with E-state index in [4.69, 9.17) is 4.74 Å². The van der Waals surface area contributed by atoms with Gasteiger partial charge in [-0.05, 0) is 43.2 Å². The number of thioether (sulfide) groups is 1. The molecule has 0 spiro atoms. The summed E-state index contributed by atoms with van der Waals surface area (Å²) in [7, 11) is 0. The van der Waals surface area contributed by atoms with Crippen LogP contribution in [-0.2, 0) is 11.2 Å². The van der Waals surface area contributed by atoms with Gasteiger partial charge in [0.15, 0.2) is 4.34 Å². The minimum atomic E-state index is 0.334. The van der Waals surface area contributed by atoms with Crippen molar-refractivity contribution in [3.8, 4) is 0 Å². The number of fused-ring (bicyclic) bond motifs is 1. The van der Waals surface area contributed by atoms with E-state index in [0.717, 1.165) is 29.0 Å². The zero-order valence-corrected chi connectivity index (χ0v) is 14.7. The van der Waals surface area contributed by atoms with E-state index in [9.17, 15) is 0 Å². The Hall–Kier alpha value is -1.11. The molecule has 2 aliphatic rings. The lowest BCUT2D eigenvalue weighted by molar-refractivity contribution is 0.120. The molecule has 1 fully saturated rings. The highest BCUT2D eigenvalue weighted by Crippen LogP contribution is 2.44. The second-order valence-electron chi connectivity index (χ2n) is 6.09. The summed E-state index contributed by atoms with van der Waals surface area (Å²) in [4.78, 5) is 0. The molecule has 2 heterocycles. The van der Waals surface area contributed by atoms with Gasteiger partial charge >= 0.3 is 0 Å². The minimum Gasteiger partial charge on any atom is -0.376 e. The van der Waals surface area contributed by atoms with E-state index in [1.807, 2.05) is 11.8 Å². The first kappa shape index (κ1) is 15.4. The first-order chi connectivity index (χ1) is 11.4. The molecule has 0 amide bonds.